The third-order valence-electron chi connectivity index (χ3n) is 3.83. The lowest BCUT2D eigenvalue weighted by molar-refractivity contribution is 0.0699. The fourth-order valence-electron chi connectivity index (χ4n) is 2.55. The molecule has 4 heteroatoms. The first-order chi connectivity index (χ1) is 10.8. The van der Waals surface area contributed by atoms with Crippen molar-refractivity contribution in [3.05, 3.63) is 53.6 Å². The van der Waals surface area contributed by atoms with Crippen molar-refractivity contribution in [1.82, 2.24) is 0 Å². The molecule has 0 spiro atoms. The van der Waals surface area contributed by atoms with E-state index in [9.17, 15) is 0 Å². The molecule has 0 bridgehead atoms. The van der Waals surface area contributed by atoms with Gasteiger partial charge in [-0.3, -0.25) is 0 Å². The molecule has 1 saturated heterocycles. The van der Waals surface area contributed by atoms with Crippen molar-refractivity contribution in [2.24, 2.45) is 5.92 Å². The Kier molecular flexibility index (Phi) is 5.20. The van der Waals surface area contributed by atoms with E-state index in [1.165, 1.54) is 0 Å². The largest absolute Gasteiger partial charge is 0.455 e. The molecular weight excluding hydrogens is 298 g/mol. The van der Waals surface area contributed by atoms with Gasteiger partial charge in [0.15, 0.2) is 5.75 Å². The van der Waals surface area contributed by atoms with Crippen LogP contribution in [0.25, 0.3) is 0 Å². The molecule has 2 aromatic carbocycles. The SMILES string of the molecule is Clc1ccc(Oc2ccccc2)c(NCC2CCOCC2)c1. The maximum atomic E-state index is 6.13. The van der Waals surface area contributed by atoms with E-state index >= 15 is 0 Å². The van der Waals surface area contributed by atoms with E-state index < -0.39 is 0 Å². The summed E-state index contributed by atoms with van der Waals surface area (Å²) in [5, 5.41) is 4.18. The monoisotopic (exact) mass is 317 g/mol. The van der Waals surface area contributed by atoms with Crippen LogP contribution in [0, 0.1) is 5.92 Å². The molecule has 3 nitrogen and oxygen atoms in total. The van der Waals surface area contributed by atoms with Crippen LogP contribution in [0.2, 0.25) is 5.02 Å². The van der Waals surface area contributed by atoms with Crippen molar-refractivity contribution in [3.8, 4) is 11.5 Å². The number of para-hydroxylation sites is 1. The Morgan fingerprint density at radius 1 is 1.09 bits per heavy atom. The minimum Gasteiger partial charge on any atom is -0.455 e. The molecule has 0 unspecified atom stereocenters. The average Bonchev–Trinajstić information content (AvgIpc) is 2.57. The highest BCUT2D eigenvalue weighted by atomic mass is 35.5. The van der Waals surface area contributed by atoms with E-state index in [2.05, 4.69) is 5.32 Å². The number of rotatable bonds is 5. The van der Waals surface area contributed by atoms with Crippen molar-refractivity contribution < 1.29 is 9.47 Å². The molecule has 0 saturated carbocycles. The number of hydrogen-bond donors (Lipinski definition) is 1. The lowest BCUT2D eigenvalue weighted by Gasteiger charge is -2.23. The van der Waals surface area contributed by atoms with Crippen LogP contribution in [-0.2, 0) is 4.74 Å². The zero-order valence-corrected chi connectivity index (χ0v) is 13.2. The van der Waals surface area contributed by atoms with Crippen LogP contribution in [0.4, 0.5) is 5.69 Å². The number of halogens is 1. The van der Waals surface area contributed by atoms with Crippen molar-refractivity contribution in [1.29, 1.82) is 0 Å². The fraction of sp³-hybridized carbons (Fsp3) is 0.333. The zero-order chi connectivity index (χ0) is 15.2. The molecule has 0 aromatic heterocycles. The van der Waals surface area contributed by atoms with E-state index in [0.717, 1.165) is 49.8 Å². The number of nitrogens with one attached hydrogen (secondary N) is 1. The van der Waals surface area contributed by atoms with Crippen molar-refractivity contribution in [2.45, 2.75) is 12.8 Å². The highest BCUT2D eigenvalue weighted by molar-refractivity contribution is 6.30. The summed E-state index contributed by atoms with van der Waals surface area (Å²) in [6.45, 7) is 2.62. The predicted molar refractivity (Wildman–Crippen MR) is 90.0 cm³/mol. The van der Waals surface area contributed by atoms with Crippen LogP contribution in [0.1, 0.15) is 12.8 Å². The van der Waals surface area contributed by atoms with Gasteiger partial charge >= 0.3 is 0 Å². The highest BCUT2D eigenvalue weighted by Crippen LogP contribution is 2.32. The Bertz CT molecular complexity index is 597. The minimum atomic E-state index is 0.636. The van der Waals surface area contributed by atoms with Crippen molar-refractivity contribution in [2.75, 3.05) is 25.1 Å². The zero-order valence-electron chi connectivity index (χ0n) is 12.4. The Morgan fingerprint density at radius 3 is 2.64 bits per heavy atom. The Labute approximate surface area is 136 Å². The van der Waals surface area contributed by atoms with E-state index in [1.807, 2.05) is 48.5 Å². The number of ether oxygens (including phenoxy) is 2. The molecule has 0 amide bonds. The minimum absolute atomic E-state index is 0.636. The third-order valence-corrected chi connectivity index (χ3v) is 4.07. The molecule has 1 N–H and O–H groups in total. The van der Waals surface area contributed by atoms with Crippen LogP contribution in [0.15, 0.2) is 48.5 Å². The second-order valence-electron chi connectivity index (χ2n) is 5.49. The molecule has 1 aliphatic rings. The summed E-state index contributed by atoms with van der Waals surface area (Å²) in [5.74, 6) is 2.25. The lowest BCUT2D eigenvalue weighted by Crippen LogP contribution is -2.22. The summed E-state index contributed by atoms with van der Waals surface area (Å²) in [7, 11) is 0. The van der Waals surface area contributed by atoms with Gasteiger partial charge in [0.1, 0.15) is 5.75 Å². The molecule has 0 radical (unpaired) electrons. The Balaban J connectivity index is 1.70. The van der Waals surface area contributed by atoms with Gasteiger partial charge in [-0.2, -0.15) is 0 Å². The predicted octanol–water partition coefficient (Wildman–Crippen LogP) is 4.97. The van der Waals surface area contributed by atoms with E-state index in [-0.39, 0.29) is 0 Å². The van der Waals surface area contributed by atoms with Gasteiger partial charge in [0.25, 0.3) is 0 Å². The molecule has 2 aromatic rings. The third kappa shape index (κ3) is 4.15. The summed E-state index contributed by atoms with van der Waals surface area (Å²) in [6.07, 6.45) is 2.20. The molecule has 1 heterocycles. The highest BCUT2D eigenvalue weighted by Gasteiger charge is 2.14. The normalized spacial score (nSPS) is 15.5. The topological polar surface area (TPSA) is 30.5 Å². The Morgan fingerprint density at radius 2 is 1.86 bits per heavy atom. The fourth-order valence-corrected chi connectivity index (χ4v) is 2.72. The first-order valence-electron chi connectivity index (χ1n) is 7.65. The van der Waals surface area contributed by atoms with Gasteiger partial charge in [-0.1, -0.05) is 29.8 Å². The van der Waals surface area contributed by atoms with Crippen molar-refractivity contribution >= 4 is 17.3 Å². The summed E-state index contributed by atoms with van der Waals surface area (Å²) in [6, 6.07) is 15.4. The lowest BCUT2D eigenvalue weighted by atomic mass is 10.0. The molecule has 3 rings (SSSR count). The molecule has 0 aliphatic carbocycles. The quantitative estimate of drug-likeness (QED) is 0.844. The van der Waals surface area contributed by atoms with Crippen LogP contribution in [0.3, 0.4) is 0 Å². The van der Waals surface area contributed by atoms with Crippen LogP contribution >= 0.6 is 11.6 Å². The van der Waals surface area contributed by atoms with Gasteiger partial charge in [0.05, 0.1) is 5.69 Å². The van der Waals surface area contributed by atoms with Gasteiger partial charge in [0.2, 0.25) is 0 Å². The van der Waals surface area contributed by atoms with Gasteiger partial charge in [0, 0.05) is 24.8 Å². The number of anilines is 1. The number of benzene rings is 2. The van der Waals surface area contributed by atoms with Gasteiger partial charge in [-0.25, -0.2) is 0 Å². The Hall–Kier alpha value is -1.71. The molecule has 116 valence electrons. The maximum absolute atomic E-state index is 6.13. The second kappa shape index (κ2) is 7.52. The maximum Gasteiger partial charge on any atom is 0.150 e. The standard InChI is InChI=1S/C18H20ClNO2/c19-15-6-7-18(22-16-4-2-1-3-5-16)17(12-15)20-13-14-8-10-21-11-9-14/h1-7,12,14,20H,8-11,13H2. The summed E-state index contributed by atoms with van der Waals surface area (Å²) < 4.78 is 11.4. The number of hydrogen-bond acceptors (Lipinski definition) is 3. The summed E-state index contributed by atoms with van der Waals surface area (Å²) >= 11 is 6.13. The van der Waals surface area contributed by atoms with Crippen LogP contribution in [0.5, 0.6) is 11.5 Å². The van der Waals surface area contributed by atoms with Crippen molar-refractivity contribution in [3.63, 3.8) is 0 Å². The van der Waals surface area contributed by atoms with Gasteiger partial charge < -0.3 is 14.8 Å². The van der Waals surface area contributed by atoms with E-state index in [4.69, 9.17) is 21.1 Å². The molecule has 0 atom stereocenters. The first-order valence-corrected chi connectivity index (χ1v) is 8.03. The van der Waals surface area contributed by atoms with Gasteiger partial charge in [-0.05, 0) is 49.1 Å². The summed E-state index contributed by atoms with van der Waals surface area (Å²) in [4.78, 5) is 0. The second-order valence-corrected chi connectivity index (χ2v) is 5.93. The van der Waals surface area contributed by atoms with Crippen LogP contribution < -0.4 is 10.1 Å². The average molecular weight is 318 g/mol. The van der Waals surface area contributed by atoms with E-state index in [1.54, 1.807) is 0 Å². The smallest absolute Gasteiger partial charge is 0.150 e. The summed E-state index contributed by atoms with van der Waals surface area (Å²) in [5.41, 5.74) is 0.933. The first kappa shape index (κ1) is 15.2. The molecule has 1 fully saturated rings. The van der Waals surface area contributed by atoms with Crippen LogP contribution in [-0.4, -0.2) is 19.8 Å². The van der Waals surface area contributed by atoms with Gasteiger partial charge in [-0.15, -0.1) is 0 Å². The van der Waals surface area contributed by atoms with E-state index in [0.29, 0.717) is 10.9 Å². The molecule has 1 aliphatic heterocycles. The molecule has 22 heavy (non-hydrogen) atoms. The molecular formula is C18H20ClNO2.